The zero-order chi connectivity index (χ0) is 21.4. The van der Waals surface area contributed by atoms with Gasteiger partial charge in [0.2, 0.25) is 11.9 Å². The van der Waals surface area contributed by atoms with Gasteiger partial charge in [-0.15, -0.1) is 11.3 Å². The molecule has 9 heteroatoms. The van der Waals surface area contributed by atoms with Gasteiger partial charge in [-0.25, -0.2) is 9.97 Å². The van der Waals surface area contributed by atoms with E-state index in [9.17, 15) is 4.79 Å². The van der Waals surface area contributed by atoms with Gasteiger partial charge >= 0.3 is 0 Å². The fourth-order valence-electron chi connectivity index (χ4n) is 4.16. The van der Waals surface area contributed by atoms with Crippen molar-refractivity contribution in [3.63, 3.8) is 0 Å². The van der Waals surface area contributed by atoms with Gasteiger partial charge in [0.25, 0.3) is 0 Å². The maximum atomic E-state index is 12.4. The minimum atomic E-state index is 0.0130. The van der Waals surface area contributed by atoms with Crippen LogP contribution in [0, 0.1) is 6.92 Å². The Kier molecular flexibility index (Phi) is 5.29. The second-order valence-electron chi connectivity index (χ2n) is 7.77. The van der Waals surface area contributed by atoms with Crippen molar-refractivity contribution in [3.05, 3.63) is 47.1 Å². The Balaban J connectivity index is 1.31. The van der Waals surface area contributed by atoms with Crippen LogP contribution in [0.1, 0.15) is 17.4 Å². The average Bonchev–Trinajstić information content (AvgIpc) is 3.38. The Morgan fingerprint density at radius 2 is 1.94 bits per heavy atom. The Morgan fingerprint density at radius 3 is 2.68 bits per heavy atom. The van der Waals surface area contributed by atoms with Crippen LogP contribution in [0.4, 0.5) is 11.6 Å². The van der Waals surface area contributed by atoms with E-state index in [4.69, 9.17) is 4.98 Å². The summed E-state index contributed by atoms with van der Waals surface area (Å²) in [7, 11) is 0. The van der Waals surface area contributed by atoms with Crippen molar-refractivity contribution in [2.75, 3.05) is 42.9 Å². The molecule has 1 N–H and O–H groups in total. The van der Waals surface area contributed by atoms with Gasteiger partial charge in [0.05, 0.1) is 11.9 Å². The number of amides is 1. The van der Waals surface area contributed by atoms with E-state index in [-0.39, 0.29) is 5.91 Å². The van der Waals surface area contributed by atoms with E-state index >= 15 is 0 Å². The van der Waals surface area contributed by atoms with Crippen LogP contribution in [0.15, 0.2) is 36.7 Å². The third kappa shape index (κ3) is 3.75. The lowest BCUT2D eigenvalue weighted by Gasteiger charge is -2.34. The summed E-state index contributed by atoms with van der Waals surface area (Å²) in [5, 5.41) is 8.53. The maximum Gasteiger partial charge on any atom is 0.238 e. The number of hydrogen-bond acceptors (Lipinski definition) is 7. The van der Waals surface area contributed by atoms with E-state index in [1.807, 2.05) is 34.8 Å². The Bertz CT molecular complexity index is 1230. The minimum absolute atomic E-state index is 0.0130. The molecule has 1 saturated heterocycles. The molecule has 1 fully saturated rings. The first kappa shape index (κ1) is 19.9. The first-order valence-corrected chi connectivity index (χ1v) is 11.4. The third-order valence-electron chi connectivity index (χ3n) is 5.79. The van der Waals surface area contributed by atoms with Gasteiger partial charge in [0, 0.05) is 36.7 Å². The number of hydrogen-bond donors (Lipinski definition) is 1. The van der Waals surface area contributed by atoms with Crippen LogP contribution in [0.5, 0.6) is 0 Å². The molecule has 0 bridgehead atoms. The van der Waals surface area contributed by atoms with E-state index in [0.29, 0.717) is 6.54 Å². The van der Waals surface area contributed by atoms with E-state index in [1.54, 1.807) is 17.7 Å². The van der Waals surface area contributed by atoms with Crippen LogP contribution < -0.4 is 10.2 Å². The summed E-state index contributed by atoms with van der Waals surface area (Å²) < 4.78 is 1.86. The molecule has 0 atom stereocenters. The second-order valence-corrected chi connectivity index (χ2v) is 8.85. The summed E-state index contributed by atoms with van der Waals surface area (Å²) in [4.78, 5) is 28.7. The molecule has 1 aliphatic rings. The van der Waals surface area contributed by atoms with Crippen molar-refractivity contribution in [2.45, 2.75) is 20.3 Å². The monoisotopic (exact) mass is 435 g/mol. The van der Waals surface area contributed by atoms with Crippen LogP contribution >= 0.6 is 11.3 Å². The number of nitrogens with one attached hydrogen (secondary N) is 1. The molecular weight excluding hydrogens is 410 g/mol. The van der Waals surface area contributed by atoms with Crippen LogP contribution in [0.2, 0.25) is 0 Å². The molecule has 0 unspecified atom stereocenters. The fraction of sp³-hybridized carbons (Fsp3) is 0.364. The average molecular weight is 436 g/mol. The number of rotatable bonds is 5. The number of benzene rings is 1. The molecule has 31 heavy (non-hydrogen) atoms. The van der Waals surface area contributed by atoms with Crippen molar-refractivity contribution in [1.29, 1.82) is 0 Å². The summed E-state index contributed by atoms with van der Waals surface area (Å²) in [5.41, 5.74) is 2.96. The van der Waals surface area contributed by atoms with Gasteiger partial charge in [0.15, 0.2) is 5.65 Å². The number of carbonyl (C=O) groups is 1. The number of nitrogens with zero attached hydrogens (tertiary/aromatic N) is 6. The highest BCUT2D eigenvalue weighted by molar-refractivity contribution is 7.19. The van der Waals surface area contributed by atoms with Crippen LogP contribution in [-0.4, -0.2) is 63.1 Å². The Morgan fingerprint density at radius 1 is 1.16 bits per heavy atom. The molecule has 8 nitrogen and oxygen atoms in total. The number of aromatic nitrogens is 4. The lowest BCUT2D eigenvalue weighted by molar-refractivity contribution is -0.117. The number of carbonyl (C=O) groups excluding carboxylic acids is 1. The smallest absolute Gasteiger partial charge is 0.238 e. The molecule has 4 heterocycles. The molecule has 160 valence electrons. The lowest BCUT2D eigenvalue weighted by atomic mass is 10.2. The van der Waals surface area contributed by atoms with Gasteiger partial charge in [-0.2, -0.15) is 9.61 Å². The second kappa shape index (κ2) is 8.24. The topological polar surface area (TPSA) is 78.7 Å². The molecule has 0 spiro atoms. The van der Waals surface area contributed by atoms with Gasteiger partial charge < -0.3 is 10.2 Å². The third-order valence-corrected chi connectivity index (χ3v) is 7.12. The highest BCUT2D eigenvalue weighted by atomic mass is 32.1. The summed E-state index contributed by atoms with van der Waals surface area (Å²) in [6.07, 6.45) is 2.60. The van der Waals surface area contributed by atoms with Crippen molar-refractivity contribution in [1.82, 2.24) is 24.5 Å². The zero-order valence-corrected chi connectivity index (χ0v) is 18.5. The summed E-state index contributed by atoms with van der Waals surface area (Å²) in [5.74, 6) is 0.844. The predicted molar refractivity (Wildman–Crippen MR) is 124 cm³/mol. The quantitative estimate of drug-likeness (QED) is 0.519. The molecule has 5 rings (SSSR count). The van der Waals surface area contributed by atoms with Crippen molar-refractivity contribution >= 4 is 44.7 Å². The van der Waals surface area contributed by atoms with Crippen LogP contribution in [0.25, 0.3) is 15.9 Å². The number of anilines is 2. The number of aryl methyl sites for hydroxylation is 2. The van der Waals surface area contributed by atoms with E-state index < -0.39 is 0 Å². The van der Waals surface area contributed by atoms with Crippen molar-refractivity contribution in [2.24, 2.45) is 0 Å². The number of fused-ring (bicyclic) bond motifs is 3. The predicted octanol–water partition coefficient (Wildman–Crippen LogP) is 2.97. The van der Waals surface area contributed by atoms with E-state index in [1.165, 1.54) is 10.4 Å². The molecule has 1 aromatic carbocycles. The van der Waals surface area contributed by atoms with Crippen molar-refractivity contribution < 1.29 is 4.79 Å². The van der Waals surface area contributed by atoms with E-state index in [2.05, 4.69) is 39.0 Å². The maximum absolute atomic E-state index is 12.4. The summed E-state index contributed by atoms with van der Waals surface area (Å²) in [6, 6.07) is 9.57. The molecule has 4 aromatic rings. The molecular formula is C22H25N7OS. The molecule has 1 aliphatic heterocycles. The Labute approximate surface area is 184 Å². The van der Waals surface area contributed by atoms with Gasteiger partial charge in [-0.3, -0.25) is 9.69 Å². The normalized spacial score (nSPS) is 15.1. The molecule has 0 radical (unpaired) electrons. The molecule has 0 saturated carbocycles. The van der Waals surface area contributed by atoms with Crippen LogP contribution in [0.3, 0.4) is 0 Å². The van der Waals surface area contributed by atoms with Gasteiger partial charge in [0.1, 0.15) is 11.2 Å². The number of thiophene rings is 1. The fourth-order valence-corrected chi connectivity index (χ4v) is 5.26. The summed E-state index contributed by atoms with van der Waals surface area (Å²) >= 11 is 1.75. The molecule has 3 aromatic heterocycles. The molecule has 0 aliphatic carbocycles. The van der Waals surface area contributed by atoms with Gasteiger partial charge in [-0.05, 0) is 31.0 Å². The number of para-hydroxylation sites is 1. The standard InChI is InChI=1S/C22H25N7OS/c1-3-17-15(2)19-20-23-14-24-29(20)22(26-21(19)31-17)28-11-9-27(10-12-28)13-18(30)25-16-7-5-4-6-8-16/h4-8,14H,3,9-13H2,1-2H3,(H,25,30). The molecule has 1 amide bonds. The SMILES string of the molecule is CCc1sc2nc(N3CCN(CC(=O)Nc4ccccc4)CC3)n3ncnc3c2c1C. The Hall–Kier alpha value is -3.04. The first-order chi connectivity index (χ1) is 15.1. The van der Waals surface area contributed by atoms with Crippen LogP contribution in [-0.2, 0) is 11.2 Å². The largest absolute Gasteiger partial charge is 0.338 e. The lowest BCUT2D eigenvalue weighted by Crippen LogP contribution is -2.49. The van der Waals surface area contributed by atoms with E-state index in [0.717, 1.165) is 60.1 Å². The van der Waals surface area contributed by atoms with Gasteiger partial charge in [-0.1, -0.05) is 25.1 Å². The minimum Gasteiger partial charge on any atom is -0.338 e. The zero-order valence-electron chi connectivity index (χ0n) is 17.7. The highest BCUT2D eigenvalue weighted by Crippen LogP contribution is 2.34. The number of piperazine rings is 1. The van der Waals surface area contributed by atoms with Crippen molar-refractivity contribution in [3.8, 4) is 0 Å². The first-order valence-electron chi connectivity index (χ1n) is 10.6. The summed E-state index contributed by atoms with van der Waals surface area (Å²) in [6.45, 7) is 7.87. The highest BCUT2D eigenvalue weighted by Gasteiger charge is 2.24.